The number of aromatic carboxylic acids is 1. The fourth-order valence-corrected chi connectivity index (χ4v) is 4.68. The molecule has 11 nitrogen and oxygen atoms in total. The number of carbonyl (C=O) groups excluding carboxylic acids is 1. The molecule has 0 aliphatic rings. The van der Waals surface area contributed by atoms with Gasteiger partial charge in [0.1, 0.15) is 5.65 Å². The molecule has 0 fully saturated rings. The average Bonchev–Trinajstić information content (AvgIpc) is 3.44. The molecule has 174 valence electrons. The highest BCUT2D eigenvalue weighted by atomic mass is 32.1. The number of benzene rings is 1. The van der Waals surface area contributed by atoms with E-state index in [1.165, 1.54) is 24.3 Å². The van der Waals surface area contributed by atoms with Crippen LogP contribution in [-0.2, 0) is 4.79 Å². The third kappa shape index (κ3) is 4.13. The van der Waals surface area contributed by atoms with E-state index in [2.05, 4.69) is 20.3 Å². The molecule has 0 spiro atoms. The number of nitrogens with one attached hydrogen (secondary N) is 3. The largest absolute Gasteiger partial charge is 0.479 e. The van der Waals surface area contributed by atoms with Crippen LogP contribution in [0.1, 0.15) is 54.9 Å². The van der Waals surface area contributed by atoms with Crippen LogP contribution in [0.5, 0.6) is 0 Å². The fourth-order valence-electron chi connectivity index (χ4n) is 3.70. The molecule has 34 heavy (non-hydrogen) atoms. The molecule has 1 amide bonds. The smallest absolute Gasteiger partial charge is 0.336 e. The number of nitrogen functional groups attached to an aromatic ring is 1. The van der Waals surface area contributed by atoms with E-state index in [0.29, 0.717) is 16.6 Å². The zero-order valence-electron chi connectivity index (χ0n) is 17.7. The number of hydrogen-bond donors (Lipinski definition) is 6. The molecule has 3 aromatic heterocycles. The van der Waals surface area contributed by atoms with Gasteiger partial charge in [-0.25, -0.2) is 9.59 Å². The third-order valence-electron chi connectivity index (χ3n) is 5.36. The summed E-state index contributed by atoms with van der Waals surface area (Å²) in [6, 6.07) is 7.30. The first-order valence-corrected chi connectivity index (χ1v) is 10.8. The Morgan fingerprint density at radius 1 is 1.12 bits per heavy atom. The Bertz CT molecular complexity index is 1490. The Morgan fingerprint density at radius 2 is 1.85 bits per heavy atom. The minimum atomic E-state index is -1.55. The number of fused-ring (bicyclic) bond motifs is 1. The number of rotatable bonds is 7. The van der Waals surface area contributed by atoms with E-state index in [1.54, 1.807) is 18.3 Å². The Kier molecular flexibility index (Phi) is 5.90. The second kappa shape index (κ2) is 8.83. The number of carbonyl (C=O) groups is 3. The van der Waals surface area contributed by atoms with Crippen molar-refractivity contribution >= 4 is 46.2 Å². The minimum absolute atomic E-state index is 0.00825. The fraction of sp³-hybridized carbons (Fsp3) is 0.136. The van der Waals surface area contributed by atoms with E-state index in [4.69, 9.17) is 5.73 Å². The minimum Gasteiger partial charge on any atom is -0.479 e. The van der Waals surface area contributed by atoms with Crippen LogP contribution in [-0.4, -0.2) is 43.0 Å². The predicted octanol–water partition coefficient (Wildman–Crippen LogP) is 2.30. The normalized spacial score (nSPS) is 12.9. The van der Waals surface area contributed by atoms with E-state index in [-0.39, 0.29) is 33.4 Å². The van der Waals surface area contributed by atoms with Gasteiger partial charge in [0.25, 0.3) is 11.5 Å². The molecule has 0 bridgehead atoms. The maximum Gasteiger partial charge on any atom is 0.336 e. The Hall–Kier alpha value is -4.45. The van der Waals surface area contributed by atoms with Crippen molar-refractivity contribution < 1.29 is 24.6 Å². The summed E-state index contributed by atoms with van der Waals surface area (Å²) in [5.74, 6) is -3.64. The Morgan fingerprint density at radius 3 is 2.56 bits per heavy atom. The first-order valence-electron chi connectivity index (χ1n) is 9.99. The van der Waals surface area contributed by atoms with Crippen molar-refractivity contribution in [3.8, 4) is 0 Å². The van der Waals surface area contributed by atoms with Crippen molar-refractivity contribution in [2.24, 2.45) is 0 Å². The summed E-state index contributed by atoms with van der Waals surface area (Å²) in [4.78, 5) is 59.0. The lowest BCUT2D eigenvalue weighted by Crippen LogP contribution is -2.34. The number of H-pyrrole nitrogens is 2. The molecular formula is C22H19N5O6S. The molecule has 0 aliphatic heterocycles. The standard InChI is InChI=1S/C22H19N5O6S/c1-9(12-8-24-17-15(12)19(29)27-22(23)26-17)13-6-7-14(34-13)18(28)25-16(21(32)33)10-4-2-3-5-11(10)20(30)31/h2-9,16H,1H3,(H,25,28)(H,30,31)(H,32,33)(H4,23,24,26,27,29). The number of carboxylic acids is 2. The molecule has 0 radical (unpaired) electrons. The van der Waals surface area contributed by atoms with E-state index < -0.39 is 23.9 Å². The van der Waals surface area contributed by atoms with Gasteiger partial charge in [0.05, 0.1) is 15.8 Å². The highest BCUT2D eigenvalue weighted by Gasteiger charge is 2.28. The molecule has 12 heteroatoms. The Balaban J connectivity index is 1.61. The SMILES string of the molecule is CC(c1ccc(C(=O)NC(C(=O)O)c2ccccc2C(=O)O)s1)c1c[nH]c2nc(N)[nH]c(=O)c12. The molecule has 7 N–H and O–H groups in total. The number of nitrogens with zero attached hydrogens (tertiary/aromatic N) is 1. The number of amides is 1. The van der Waals surface area contributed by atoms with Crippen LogP contribution in [0.3, 0.4) is 0 Å². The number of nitrogens with two attached hydrogens (primary N) is 1. The maximum atomic E-state index is 12.8. The van der Waals surface area contributed by atoms with Gasteiger partial charge >= 0.3 is 11.9 Å². The molecule has 0 saturated heterocycles. The molecular weight excluding hydrogens is 462 g/mol. The van der Waals surface area contributed by atoms with Crippen molar-refractivity contribution in [2.75, 3.05) is 5.73 Å². The zero-order valence-corrected chi connectivity index (χ0v) is 18.5. The van der Waals surface area contributed by atoms with Crippen LogP contribution in [0.4, 0.5) is 5.95 Å². The van der Waals surface area contributed by atoms with Gasteiger partial charge in [-0.05, 0) is 23.8 Å². The van der Waals surface area contributed by atoms with Crippen LogP contribution in [0.15, 0.2) is 47.4 Å². The highest BCUT2D eigenvalue weighted by Crippen LogP contribution is 2.33. The molecule has 2 unspecified atom stereocenters. The van der Waals surface area contributed by atoms with E-state index >= 15 is 0 Å². The average molecular weight is 481 g/mol. The summed E-state index contributed by atoms with van der Waals surface area (Å²) in [6.07, 6.45) is 1.65. The van der Waals surface area contributed by atoms with Crippen LogP contribution in [0.25, 0.3) is 11.0 Å². The van der Waals surface area contributed by atoms with Gasteiger partial charge in [0, 0.05) is 22.6 Å². The van der Waals surface area contributed by atoms with Crippen molar-refractivity contribution in [3.05, 3.63) is 79.4 Å². The van der Waals surface area contributed by atoms with Crippen molar-refractivity contribution in [1.82, 2.24) is 20.3 Å². The van der Waals surface area contributed by atoms with Gasteiger partial charge in [0.2, 0.25) is 5.95 Å². The van der Waals surface area contributed by atoms with Gasteiger partial charge in [-0.2, -0.15) is 4.98 Å². The quantitative estimate of drug-likeness (QED) is 0.231. The van der Waals surface area contributed by atoms with Gasteiger partial charge in [-0.3, -0.25) is 14.6 Å². The van der Waals surface area contributed by atoms with E-state index in [0.717, 1.165) is 16.2 Å². The summed E-state index contributed by atoms with van der Waals surface area (Å²) in [5, 5.41) is 21.8. The summed E-state index contributed by atoms with van der Waals surface area (Å²) >= 11 is 1.13. The summed E-state index contributed by atoms with van der Waals surface area (Å²) in [7, 11) is 0. The number of aliphatic carboxylic acids is 1. The lowest BCUT2D eigenvalue weighted by atomic mass is 10.00. The monoisotopic (exact) mass is 481 g/mol. The first kappa shape index (κ1) is 22.7. The van der Waals surface area contributed by atoms with Gasteiger partial charge in [-0.15, -0.1) is 11.3 Å². The summed E-state index contributed by atoms with van der Waals surface area (Å²) in [5.41, 5.74) is 5.96. The van der Waals surface area contributed by atoms with Crippen LogP contribution < -0.4 is 16.6 Å². The van der Waals surface area contributed by atoms with E-state index in [9.17, 15) is 29.4 Å². The predicted molar refractivity (Wildman–Crippen MR) is 124 cm³/mol. The van der Waals surface area contributed by atoms with Crippen molar-refractivity contribution in [2.45, 2.75) is 18.9 Å². The molecule has 2 atom stereocenters. The second-order valence-electron chi connectivity index (χ2n) is 7.48. The molecule has 0 saturated carbocycles. The summed E-state index contributed by atoms with van der Waals surface area (Å²) in [6.45, 7) is 1.86. The van der Waals surface area contributed by atoms with Gasteiger partial charge < -0.3 is 26.2 Å². The van der Waals surface area contributed by atoms with E-state index in [1.807, 2.05) is 6.92 Å². The number of aromatic nitrogens is 3. The van der Waals surface area contributed by atoms with Crippen molar-refractivity contribution in [3.63, 3.8) is 0 Å². The molecule has 3 heterocycles. The second-order valence-corrected chi connectivity index (χ2v) is 8.59. The van der Waals surface area contributed by atoms with Crippen LogP contribution in [0.2, 0.25) is 0 Å². The van der Waals surface area contributed by atoms with Crippen LogP contribution in [0, 0.1) is 0 Å². The number of aromatic amines is 2. The third-order valence-corrected chi connectivity index (χ3v) is 6.63. The number of thiophene rings is 1. The van der Waals surface area contributed by atoms with Crippen LogP contribution >= 0.6 is 11.3 Å². The number of anilines is 1. The number of hydrogen-bond acceptors (Lipinski definition) is 7. The summed E-state index contributed by atoms with van der Waals surface area (Å²) < 4.78 is 0. The molecule has 4 rings (SSSR count). The van der Waals surface area contributed by atoms with Gasteiger partial charge in [-0.1, -0.05) is 25.1 Å². The molecule has 4 aromatic rings. The highest BCUT2D eigenvalue weighted by molar-refractivity contribution is 7.14. The number of carboxylic acid groups (broad SMARTS) is 2. The molecule has 1 aromatic carbocycles. The molecule has 0 aliphatic carbocycles. The van der Waals surface area contributed by atoms with Crippen molar-refractivity contribution in [1.29, 1.82) is 0 Å². The van der Waals surface area contributed by atoms with Gasteiger partial charge in [0.15, 0.2) is 6.04 Å². The zero-order chi connectivity index (χ0) is 24.6. The topological polar surface area (TPSA) is 191 Å². The first-order chi connectivity index (χ1) is 16.2. The maximum absolute atomic E-state index is 12.8. The Labute approximate surface area is 195 Å². The lowest BCUT2D eigenvalue weighted by Gasteiger charge is -2.16. The lowest BCUT2D eigenvalue weighted by molar-refractivity contribution is -0.139.